The molecule has 0 unspecified atom stereocenters. The second-order valence-electron chi connectivity index (χ2n) is 7.69. The average molecular weight is 480 g/mol. The van der Waals surface area contributed by atoms with Gasteiger partial charge in [0.1, 0.15) is 6.61 Å². The van der Waals surface area contributed by atoms with Crippen LogP contribution in [-0.4, -0.2) is 24.6 Å². The molecule has 0 atom stereocenters. The highest BCUT2D eigenvalue weighted by Gasteiger charge is 2.15. The topological polar surface area (TPSA) is 89.0 Å². The van der Waals surface area contributed by atoms with Gasteiger partial charge in [-0.05, 0) is 68.3 Å². The largest absolute Gasteiger partial charge is 0.493 e. The summed E-state index contributed by atoms with van der Waals surface area (Å²) < 4.78 is 11.3. The number of benzene rings is 3. The molecular weight excluding hydrogens is 454 g/mol. The minimum Gasteiger partial charge on any atom is -0.493 e. The van der Waals surface area contributed by atoms with E-state index in [0.717, 1.165) is 16.7 Å². The van der Waals surface area contributed by atoms with Gasteiger partial charge in [0, 0.05) is 16.3 Å². The number of nitrogens with zero attached hydrogens (tertiary/aromatic N) is 1. The van der Waals surface area contributed by atoms with Gasteiger partial charge in [-0.3, -0.25) is 9.59 Å². The minimum absolute atomic E-state index is 0.353. The number of halogens is 1. The van der Waals surface area contributed by atoms with Crippen molar-refractivity contribution < 1.29 is 19.1 Å². The Morgan fingerprint density at radius 2 is 1.68 bits per heavy atom. The zero-order valence-electron chi connectivity index (χ0n) is 19.4. The van der Waals surface area contributed by atoms with E-state index in [1.165, 1.54) is 0 Å². The standard InChI is InChI=1S/C26H26ClN3O4/c1-16-5-11-22(17(2)13-16)28-25(31)26(32)30-29-18(3)20-8-12-23(24(14-20)33-4)34-15-19-6-9-21(27)10-7-19/h5-14H,15H2,1-4H3,(H,28,31)(H,30,32)/b29-18+. The zero-order chi connectivity index (χ0) is 24.7. The highest BCUT2D eigenvalue weighted by atomic mass is 35.5. The Hall–Kier alpha value is -3.84. The number of ether oxygens (including phenoxy) is 2. The number of carbonyl (C=O) groups excluding carboxylic acids is 2. The maximum absolute atomic E-state index is 12.2. The molecule has 0 heterocycles. The number of hydrogen-bond donors (Lipinski definition) is 2. The third-order valence-corrected chi connectivity index (χ3v) is 5.30. The number of hydrazone groups is 1. The molecule has 0 bridgehead atoms. The molecule has 0 saturated heterocycles. The van der Waals surface area contributed by atoms with Crippen molar-refractivity contribution >= 4 is 34.8 Å². The predicted octanol–water partition coefficient (Wildman–Crippen LogP) is 5.02. The summed E-state index contributed by atoms with van der Waals surface area (Å²) >= 11 is 5.91. The fourth-order valence-electron chi connectivity index (χ4n) is 3.14. The van der Waals surface area contributed by atoms with Crippen LogP contribution in [-0.2, 0) is 16.2 Å². The molecule has 0 spiro atoms. The molecule has 0 fully saturated rings. The van der Waals surface area contributed by atoms with E-state index in [2.05, 4.69) is 15.8 Å². The SMILES string of the molecule is COc1cc(/C(C)=N/NC(=O)C(=O)Nc2ccc(C)cc2C)ccc1OCc1ccc(Cl)cc1. The van der Waals surface area contributed by atoms with Crippen molar-refractivity contribution in [1.29, 1.82) is 0 Å². The minimum atomic E-state index is -0.866. The summed E-state index contributed by atoms with van der Waals surface area (Å²) in [5.74, 6) is -0.591. The molecule has 3 rings (SSSR count). The van der Waals surface area contributed by atoms with E-state index < -0.39 is 11.8 Å². The molecule has 0 aliphatic rings. The number of anilines is 1. The summed E-state index contributed by atoms with van der Waals surface area (Å²) in [6.07, 6.45) is 0. The number of carbonyl (C=O) groups is 2. The number of aryl methyl sites for hydroxylation is 2. The molecule has 3 aromatic rings. The maximum atomic E-state index is 12.2. The Morgan fingerprint density at radius 3 is 2.35 bits per heavy atom. The molecule has 0 saturated carbocycles. The Morgan fingerprint density at radius 1 is 0.941 bits per heavy atom. The van der Waals surface area contributed by atoms with Crippen molar-refractivity contribution in [2.75, 3.05) is 12.4 Å². The van der Waals surface area contributed by atoms with Crippen LogP contribution in [0.15, 0.2) is 65.8 Å². The van der Waals surface area contributed by atoms with Crippen LogP contribution in [0.25, 0.3) is 0 Å². The van der Waals surface area contributed by atoms with Gasteiger partial charge in [0.25, 0.3) is 0 Å². The quantitative estimate of drug-likeness (QED) is 0.283. The van der Waals surface area contributed by atoms with E-state index >= 15 is 0 Å². The Labute approximate surface area is 203 Å². The van der Waals surface area contributed by atoms with Gasteiger partial charge in [-0.15, -0.1) is 0 Å². The third kappa shape index (κ3) is 6.59. The van der Waals surface area contributed by atoms with Crippen molar-refractivity contribution in [3.8, 4) is 11.5 Å². The first-order chi connectivity index (χ1) is 16.3. The molecule has 0 aromatic heterocycles. The summed E-state index contributed by atoms with van der Waals surface area (Å²) in [5, 5.41) is 7.30. The van der Waals surface area contributed by atoms with Crippen molar-refractivity contribution in [2.24, 2.45) is 5.10 Å². The first kappa shape index (κ1) is 24.8. The molecule has 0 aliphatic heterocycles. The van der Waals surface area contributed by atoms with Crippen LogP contribution in [0.5, 0.6) is 11.5 Å². The fraction of sp³-hybridized carbons (Fsp3) is 0.192. The molecule has 0 aliphatic carbocycles. The van der Waals surface area contributed by atoms with Crippen molar-refractivity contribution in [3.05, 3.63) is 87.9 Å². The van der Waals surface area contributed by atoms with Gasteiger partial charge < -0.3 is 14.8 Å². The van der Waals surface area contributed by atoms with Crippen molar-refractivity contribution in [2.45, 2.75) is 27.4 Å². The Bertz CT molecular complexity index is 1220. The van der Waals surface area contributed by atoms with Gasteiger partial charge in [0.15, 0.2) is 11.5 Å². The summed E-state index contributed by atoms with van der Waals surface area (Å²) in [5.41, 5.74) is 6.96. The van der Waals surface area contributed by atoms with Crippen LogP contribution in [0.3, 0.4) is 0 Å². The summed E-state index contributed by atoms with van der Waals surface area (Å²) in [7, 11) is 1.54. The zero-order valence-corrected chi connectivity index (χ0v) is 20.2. The highest BCUT2D eigenvalue weighted by Crippen LogP contribution is 2.29. The van der Waals surface area contributed by atoms with Crippen LogP contribution >= 0.6 is 11.6 Å². The lowest BCUT2D eigenvalue weighted by atomic mass is 10.1. The van der Waals surface area contributed by atoms with Crippen LogP contribution in [0, 0.1) is 13.8 Å². The smallest absolute Gasteiger partial charge is 0.329 e. The van der Waals surface area contributed by atoms with E-state index in [4.69, 9.17) is 21.1 Å². The summed E-state index contributed by atoms with van der Waals surface area (Å²) in [6, 6.07) is 18.2. The lowest BCUT2D eigenvalue weighted by Crippen LogP contribution is -2.33. The summed E-state index contributed by atoms with van der Waals surface area (Å²) in [4.78, 5) is 24.4. The van der Waals surface area contributed by atoms with E-state index in [1.807, 2.05) is 38.1 Å². The van der Waals surface area contributed by atoms with E-state index in [1.54, 1.807) is 50.4 Å². The van der Waals surface area contributed by atoms with Crippen molar-refractivity contribution in [3.63, 3.8) is 0 Å². The molecule has 0 radical (unpaired) electrons. The molecule has 7 nitrogen and oxygen atoms in total. The average Bonchev–Trinajstić information content (AvgIpc) is 2.83. The Balaban J connectivity index is 1.62. The first-order valence-electron chi connectivity index (χ1n) is 10.6. The fourth-order valence-corrected chi connectivity index (χ4v) is 3.26. The van der Waals surface area contributed by atoms with Gasteiger partial charge in [0.05, 0.1) is 12.8 Å². The predicted molar refractivity (Wildman–Crippen MR) is 134 cm³/mol. The lowest BCUT2D eigenvalue weighted by Gasteiger charge is -2.12. The Kier molecular flexibility index (Phi) is 8.27. The van der Waals surface area contributed by atoms with Gasteiger partial charge in [0.2, 0.25) is 0 Å². The number of methoxy groups -OCH3 is 1. The van der Waals surface area contributed by atoms with E-state index in [0.29, 0.717) is 40.1 Å². The van der Waals surface area contributed by atoms with Gasteiger partial charge in [-0.1, -0.05) is 41.4 Å². The number of nitrogens with one attached hydrogen (secondary N) is 2. The van der Waals surface area contributed by atoms with Crippen LogP contribution < -0.4 is 20.2 Å². The molecule has 2 N–H and O–H groups in total. The normalized spacial score (nSPS) is 11.0. The molecule has 8 heteroatoms. The third-order valence-electron chi connectivity index (χ3n) is 5.05. The molecule has 2 amide bonds. The highest BCUT2D eigenvalue weighted by molar-refractivity contribution is 6.39. The van der Waals surface area contributed by atoms with Crippen LogP contribution in [0.4, 0.5) is 5.69 Å². The second kappa shape index (κ2) is 11.3. The van der Waals surface area contributed by atoms with Gasteiger partial charge >= 0.3 is 11.8 Å². The number of amides is 2. The molecule has 176 valence electrons. The number of rotatable bonds is 7. The van der Waals surface area contributed by atoms with Crippen LogP contribution in [0.1, 0.15) is 29.2 Å². The maximum Gasteiger partial charge on any atom is 0.329 e. The van der Waals surface area contributed by atoms with Gasteiger partial charge in [-0.25, -0.2) is 5.43 Å². The second-order valence-corrected chi connectivity index (χ2v) is 8.13. The van der Waals surface area contributed by atoms with E-state index in [9.17, 15) is 9.59 Å². The number of hydrogen-bond acceptors (Lipinski definition) is 5. The monoisotopic (exact) mass is 479 g/mol. The van der Waals surface area contributed by atoms with Gasteiger partial charge in [-0.2, -0.15) is 5.10 Å². The summed E-state index contributed by atoms with van der Waals surface area (Å²) in [6.45, 7) is 5.88. The van der Waals surface area contributed by atoms with E-state index in [-0.39, 0.29) is 0 Å². The molecular formula is C26H26ClN3O4. The lowest BCUT2D eigenvalue weighted by molar-refractivity contribution is -0.136. The molecule has 34 heavy (non-hydrogen) atoms. The first-order valence-corrected chi connectivity index (χ1v) is 10.9. The van der Waals surface area contributed by atoms with Crippen molar-refractivity contribution in [1.82, 2.24) is 5.43 Å². The molecule has 3 aromatic carbocycles. The van der Waals surface area contributed by atoms with Crippen LogP contribution in [0.2, 0.25) is 5.02 Å².